The van der Waals surface area contributed by atoms with Gasteiger partial charge in [-0.1, -0.05) is 43.4 Å². The highest BCUT2D eigenvalue weighted by atomic mass is 32.1. The molecule has 1 aliphatic heterocycles. The molecule has 1 N–H and O–H groups in total. The van der Waals surface area contributed by atoms with Crippen molar-refractivity contribution in [3.05, 3.63) is 69.7 Å². The fourth-order valence-corrected chi connectivity index (χ4v) is 5.15. The van der Waals surface area contributed by atoms with Crippen molar-refractivity contribution in [1.29, 1.82) is 0 Å². The van der Waals surface area contributed by atoms with Gasteiger partial charge in [-0.2, -0.15) is 0 Å². The first kappa shape index (κ1) is 23.9. The molecule has 178 valence electrons. The van der Waals surface area contributed by atoms with Crippen molar-refractivity contribution < 1.29 is 9.59 Å². The number of nitrogens with zero attached hydrogens (tertiary/aromatic N) is 4. The summed E-state index contributed by atoms with van der Waals surface area (Å²) in [6.07, 6.45) is 0.796. The molecule has 7 nitrogen and oxygen atoms in total. The number of anilines is 2. The van der Waals surface area contributed by atoms with Crippen LogP contribution >= 0.6 is 11.3 Å². The van der Waals surface area contributed by atoms with Crippen molar-refractivity contribution in [3.63, 3.8) is 0 Å². The van der Waals surface area contributed by atoms with Crippen LogP contribution in [0.3, 0.4) is 0 Å². The number of aromatic nitrogens is 2. The second kappa shape index (κ2) is 10.3. The van der Waals surface area contributed by atoms with Crippen molar-refractivity contribution in [1.82, 2.24) is 15.1 Å². The van der Waals surface area contributed by atoms with E-state index in [0.29, 0.717) is 35.3 Å². The molecule has 0 aliphatic carbocycles. The lowest BCUT2D eigenvalue weighted by molar-refractivity contribution is 0.0726. The minimum atomic E-state index is -0.308. The monoisotopic (exact) mass is 477 g/mol. The molecule has 0 radical (unpaired) electrons. The molecule has 1 fully saturated rings. The molecule has 2 aromatic carbocycles. The van der Waals surface area contributed by atoms with Crippen molar-refractivity contribution in [2.75, 3.05) is 29.9 Å². The van der Waals surface area contributed by atoms with Crippen LogP contribution in [0.25, 0.3) is 0 Å². The summed E-state index contributed by atoms with van der Waals surface area (Å²) in [5, 5.41) is 12.2. The van der Waals surface area contributed by atoms with Crippen LogP contribution in [0.5, 0.6) is 0 Å². The summed E-state index contributed by atoms with van der Waals surface area (Å²) in [5.74, 6) is 0.118. The van der Waals surface area contributed by atoms with Crippen molar-refractivity contribution >= 4 is 34.5 Å². The average Bonchev–Trinajstić information content (AvgIpc) is 3.26. The Morgan fingerprint density at radius 1 is 1.12 bits per heavy atom. The van der Waals surface area contributed by atoms with E-state index in [1.165, 1.54) is 22.6 Å². The second-order valence-electron chi connectivity index (χ2n) is 9.27. The fourth-order valence-electron chi connectivity index (χ4n) is 4.21. The zero-order chi connectivity index (χ0) is 24.2. The lowest BCUT2D eigenvalue weighted by Crippen LogP contribution is -2.53. The Morgan fingerprint density at radius 2 is 1.91 bits per heavy atom. The molecule has 0 saturated carbocycles. The number of hydrogen-bond acceptors (Lipinski definition) is 6. The Morgan fingerprint density at radius 3 is 2.65 bits per heavy atom. The normalized spacial score (nSPS) is 16.1. The van der Waals surface area contributed by atoms with Crippen LogP contribution in [0.4, 0.5) is 11.4 Å². The van der Waals surface area contributed by atoms with Crippen LogP contribution in [0.2, 0.25) is 0 Å². The van der Waals surface area contributed by atoms with Gasteiger partial charge in [-0.05, 0) is 55.7 Å². The Kier molecular flexibility index (Phi) is 7.26. The zero-order valence-electron chi connectivity index (χ0n) is 20.1. The largest absolute Gasteiger partial charge is 0.365 e. The topological polar surface area (TPSA) is 78.4 Å². The quantitative estimate of drug-likeness (QED) is 0.559. The number of hydrogen-bond donors (Lipinski definition) is 1. The van der Waals surface area contributed by atoms with E-state index in [1.807, 2.05) is 4.90 Å². The molecule has 1 aliphatic rings. The SMILES string of the molecule is Cc1cccc(N2CCN(C(=O)c3cccc(NC(=O)c4nnc(CC(C)C)s4)c3)CC2C)c1. The van der Waals surface area contributed by atoms with Crippen LogP contribution in [0.15, 0.2) is 48.5 Å². The Hall–Kier alpha value is -3.26. The van der Waals surface area contributed by atoms with Gasteiger partial charge in [-0.15, -0.1) is 10.2 Å². The molecule has 0 bridgehead atoms. The maximum Gasteiger partial charge on any atom is 0.286 e. The van der Waals surface area contributed by atoms with Gasteiger partial charge in [-0.3, -0.25) is 9.59 Å². The maximum absolute atomic E-state index is 13.2. The molecular formula is C26H31N5O2S. The van der Waals surface area contributed by atoms with E-state index >= 15 is 0 Å². The maximum atomic E-state index is 13.2. The van der Waals surface area contributed by atoms with Crippen LogP contribution < -0.4 is 10.2 Å². The number of piperazine rings is 1. The highest BCUT2D eigenvalue weighted by molar-refractivity contribution is 7.13. The standard InChI is InChI=1S/C26H31N5O2S/c1-17(2)13-23-28-29-25(34-23)24(32)27-21-9-6-8-20(15-21)26(33)30-11-12-31(19(4)16-30)22-10-5-7-18(3)14-22/h5-10,14-15,17,19H,11-13,16H2,1-4H3,(H,27,32). The molecule has 1 unspecified atom stereocenters. The van der Waals surface area contributed by atoms with Crippen LogP contribution in [-0.2, 0) is 6.42 Å². The highest BCUT2D eigenvalue weighted by Gasteiger charge is 2.27. The van der Waals surface area contributed by atoms with E-state index in [9.17, 15) is 9.59 Å². The Balaban J connectivity index is 1.40. The van der Waals surface area contributed by atoms with Gasteiger partial charge in [0.15, 0.2) is 0 Å². The number of rotatable bonds is 6. The third-order valence-electron chi connectivity index (χ3n) is 5.86. The molecule has 2 amide bonds. The van der Waals surface area contributed by atoms with Crippen molar-refractivity contribution in [2.24, 2.45) is 5.92 Å². The second-order valence-corrected chi connectivity index (χ2v) is 10.3. The summed E-state index contributed by atoms with van der Waals surface area (Å²) in [6.45, 7) is 10.5. The molecule has 4 rings (SSSR count). The molecule has 1 atom stereocenters. The molecule has 0 spiro atoms. The lowest BCUT2D eigenvalue weighted by Gasteiger charge is -2.41. The minimum Gasteiger partial charge on any atom is -0.365 e. The number of carbonyl (C=O) groups is 2. The molecule has 34 heavy (non-hydrogen) atoms. The summed E-state index contributed by atoms with van der Waals surface area (Å²) in [7, 11) is 0. The summed E-state index contributed by atoms with van der Waals surface area (Å²) in [4.78, 5) is 30.1. The summed E-state index contributed by atoms with van der Waals surface area (Å²) >= 11 is 1.31. The zero-order valence-corrected chi connectivity index (χ0v) is 20.9. The summed E-state index contributed by atoms with van der Waals surface area (Å²) < 4.78 is 0. The first-order valence-electron chi connectivity index (χ1n) is 11.7. The minimum absolute atomic E-state index is 0.0259. The number of nitrogens with one attached hydrogen (secondary N) is 1. The Bertz CT molecular complexity index is 1180. The Labute approximate surface area is 204 Å². The third-order valence-corrected chi connectivity index (χ3v) is 6.80. The van der Waals surface area contributed by atoms with E-state index in [1.54, 1.807) is 24.3 Å². The van der Waals surface area contributed by atoms with Crippen molar-refractivity contribution in [3.8, 4) is 0 Å². The molecular weight excluding hydrogens is 446 g/mol. The first-order chi connectivity index (χ1) is 16.3. The van der Waals surface area contributed by atoms with Crippen molar-refractivity contribution in [2.45, 2.75) is 40.2 Å². The van der Waals surface area contributed by atoms with Crippen LogP contribution in [0.1, 0.15) is 51.5 Å². The lowest BCUT2D eigenvalue weighted by atomic mass is 10.1. The van der Waals surface area contributed by atoms with Gasteiger partial charge in [-0.25, -0.2) is 0 Å². The fraction of sp³-hybridized carbons (Fsp3) is 0.385. The molecule has 3 aromatic rings. The first-order valence-corrected chi connectivity index (χ1v) is 12.5. The van der Waals surface area contributed by atoms with E-state index in [-0.39, 0.29) is 17.9 Å². The van der Waals surface area contributed by atoms with E-state index in [4.69, 9.17) is 0 Å². The predicted molar refractivity (Wildman–Crippen MR) is 137 cm³/mol. The number of aryl methyl sites for hydroxylation is 1. The van der Waals surface area contributed by atoms with Gasteiger partial charge in [0.25, 0.3) is 11.8 Å². The summed E-state index contributed by atoms with van der Waals surface area (Å²) in [5.41, 5.74) is 3.55. The number of carbonyl (C=O) groups excluding carboxylic acids is 2. The van der Waals surface area contributed by atoms with Crippen LogP contribution in [-0.4, -0.2) is 52.6 Å². The van der Waals surface area contributed by atoms with E-state index in [0.717, 1.165) is 18.0 Å². The van der Waals surface area contributed by atoms with Gasteiger partial charge >= 0.3 is 0 Å². The van der Waals surface area contributed by atoms with Gasteiger partial charge < -0.3 is 15.1 Å². The predicted octanol–water partition coefficient (Wildman–Crippen LogP) is 4.65. The number of amides is 2. The van der Waals surface area contributed by atoms with E-state index in [2.05, 4.69) is 72.4 Å². The average molecular weight is 478 g/mol. The van der Waals surface area contributed by atoms with Gasteiger partial charge in [0.2, 0.25) is 5.01 Å². The number of benzene rings is 2. The van der Waals surface area contributed by atoms with Gasteiger partial charge in [0.05, 0.1) is 0 Å². The highest BCUT2D eigenvalue weighted by Crippen LogP contribution is 2.23. The molecule has 1 aromatic heterocycles. The van der Waals surface area contributed by atoms with Crippen LogP contribution in [0, 0.1) is 12.8 Å². The smallest absolute Gasteiger partial charge is 0.286 e. The molecule has 2 heterocycles. The van der Waals surface area contributed by atoms with Gasteiger partial charge in [0.1, 0.15) is 5.01 Å². The summed E-state index contributed by atoms with van der Waals surface area (Å²) in [6, 6.07) is 15.8. The van der Waals surface area contributed by atoms with Gasteiger partial charge in [0, 0.05) is 49.0 Å². The van der Waals surface area contributed by atoms with E-state index < -0.39 is 0 Å². The molecule has 1 saturated heterocycles. The third kappa shape index (κ3) is 5.62. The molecule has 8 heteroatoms.